The number of hydrogen-bond acceptors (Lipinski definition) is 1. The highest BCUT2D eigenvalue weighted by atomic mass is 16.1. The summed E-state index contributed by atoms with van der Waals surface area (Å²) in [6.07, 6.45) is 6.85. The quantitative estimate of drug-likeness (QED) is 0.447. The second-order valence-electron chi connectivity index (χ2n) is 3.65. The number of carbonyl (C=O) groups is 1. The SMILES string of the molecule is CC(C)=CCCC1CC1C=O. The van der Waals surface area contributed by atoms with Gasteiger partial charge < -0.3 is 4.79 Å². The molecule has 0 bridgehead atoms. The lowest BCUT2D eigenvalue weighted by Crippen LogP contribution is -1.82. The molecule has 0 aromatic carbocycles. The van der Waals surface area contributed by atoms with Crippen LogP contribution in [-0.2, 0) is 4.79 Å². The van der Waals surface area contributed by atoms with E-state index in [4.69, 9.17) is 0 Å². The Morgan fingerprint density at radius 2 is 2.27 bits per heavy atom. The van der Waals surface area contributed by atoms with E-state index in [0.717, 1.165) is 19.1 Å². The Kier molecular flexibility index (Phi) is 2.86. The lowest BCUT2D eigenvalue weighted by Gasteiger charge is -1.92. The minimum absolute atomic E-state index is 0.403. The molecule has 0 radical (unpaired) electrons. The first kappa shape index (κ1) is 8.51. The molecule has 1 nitrogen and oxygen atoms in total. The molecule has 0 saturated heterocycles. The van der Waals surface area contributed by atoms with Crippen LogP contribution in [0.25, 0.3) is 0 Å². The highest BCUT2D eigenvalue weighted by molar-refractivity contribution is 5.58. The monoisotopic (exact) mass is 152 g/mol. The van der Waals surface area contributed by atoms with Gasteiger partial charge in [0.1, 0.15) is 6.29 Å². The Labute approximate surface area is 68.5 Å². The first-order valence-corrected chi connectivity index (χ1v) is 4.32. The molecule has 0 spiro atoms. The molecule has 62 valence electrons. The van der Waals surface area contributed by atoms with Crippen molar-refractivity contribution in [1.82, 2.24) is 0 Å². The summed E-state index contributed by atoms with van der Waals surface area (Å²) in [4.78, 5) is 10.3. The summed E-state index contributed by atoms with van der Waals surface area (Å²) < 4.78 is 0. The van der Waals surface area contributed by atoms with Crippen LogP contribution in [0.4, 0.5) is 0 Å². The average Bonchev–Trinajstić information content (AvgIpc) is 2.66. The van der Waals surface area contributed by atoms with Crippen LogP contribution in [0.15, 0.2) is 11.6 Å². The molecule has 0 amide bonds. The largest absolute Gasteiger partial charge is 0.303 e. The van der Waals surface area contributed by atoms with Crippen LogP contribution in [0, 0.1) is 11.8 Å². The van der Waals surface area contributed by atoms with Gasteiger partial charge >= 0.3 is 0 Å². The van der Waals surface area contributed by atoms with E-state index in [0.29, 0.717) is 11.8 Å². The Bertz CT molecular complexity index is 166. The van der Waals surface area contributed by atoms with Gasteiger partial charge in [0.05, 0.1) is 0 Å². The lowest BCUT2D eigenvalue weighted by atomic mass is 10.1. The van der Waals surface area contributed by atoms with Crippen molar-refractivity contribution in [1.29, 1.82) is 0 Å². The molecule has 0 N–H and O–H groups in total. The summed E-state index contributed by atoms with van der Waals surface area (Å²) in [5, 5.41) is 0. The second-order valence-corrected chi connectivity index (χ2v) is 3.65. The van der Waals surface area contributed by atoms with Gasteiger partial charge in [-0.1, -0.05) is 11.6 Å². The normalized spacial score (nSPS) is 27.8. The van der Waals surface area contributed by atoms with E-state index in [1.807, 2.05) is 0 Å². The zero-order chi connectivity index (χ0) is 8.27. The fraction of sp³-hybridized carbons (Fsp3) is 0.700. The van der Waals surface area contributed by atoms with Crippen LogP contribution >= 0.6 is 0 Å². The molecule has 2 unspecified atom stereocenters. The van der Waals surface area contributed by atoms with Gasteiger partial charge in [0.15, 0.2) is 0 Å². The molecule has 1 rings (SSSR count). The first-order valence-electron chi connectivity index (χ1n) is 4.32. The van der Waals surface area contributed by atoms with Crippen LogP contribution in [0.3, 0.4) is 0 Å². The summed E-state index contributed by atoms with van der Waals surface area (Å²) >= 11 is 0. The summed E-state index contributed by atoms with van der Waals surface area (Å²) in [5.74, 6) is 1.11. The minimum Gasteiger partial charge on any atom is -0.303 e. The summed E-state index contributed by atoms with van der Waals surface area (Å²) in [5.41, 5.74) is 1.38. The Balaban J connectivity index is 2.06. The van der Waals surface area contributed by atoms with Gasteiger partial charge in [-0.25, -0.2) is 0 Å². The topological polar surface area (TPSA) is 17.1 Å². The molecule has 1 saturated carbocycles. The van der Waals surface area contributed by atoms with Crippen molar-refractivity contribution in [3.05, 3.63) is 11.6 Å². The highest BCUT2D eigenvalue weighted by Gasteiger charge is 2.35. The minimum atomic E-state index is 0.403. The van der Waals surface area contributed by atoms with Gasteiger partial charge in [-0.05, 0) is 39.0 Å². The van der Waals surface area contributed by atoms with Gasteiger partial charge in [-0.2, -0.15) is 0 Å². The van der Waals surface area contributed by atoms with Crippen LogP contribution in [0.2, 0.25) is 0 Å². The number of allylic oxidation sites excluding steroid dienone is 2. The average molecular weight is 152 g/mol. The van der Waals surface area contributed by atoms with E-state index in [1.165, 1.54) is 12.0 Å². The van der Waals surface area contributed by atoms with Crippen molar-refractivity contribution in [2.75, 3.05) is 0 Å². The third-order valence-corrected chi connectivity index (χ3v) is 2.24. The van der Waals surface area contributed by atoms with Gasteiger partial charge in [0.25, 0.3) is 0 Å². The predicted molar refractivity (Wildman–Crippen MR) is 46.3 cm³/mol. The predicted octanol–water partition coefficient (Wildman–Crippen LogP) is 2.57. The summed E-state index contributed by atoms with van der Waals surface area (Å²) in [6, 6.07) is 0. The van der Waals surface area contributed by atoms with E-state index in [2.05, 4.69) is 19.9 Å². The van der Waals surface area contributed by atoms with Gasteiger partial charge in [0, 0.05) is 5.92 Å². The molecule has 1 fully saturated rings. The molecular weight excluding hydrogens is 136 g/mol. The van der Waals surface area contributed by atoms with Crippen molar-refractivity contribution in [2.45, 2.75) is 33.1 Å². The standard InChI is InChI=1S/C10H16O/c1-8(2)4-3-5-9-6-10(9)7-11/h4,7,9-10H,3,5-6H2,1-2H3. The van der Waals surface area contributed by atoms with Crippen molar-refractivity contribution in [3.8, 4) is 0 Å². The van der Waals surface area contributed by atoms with E-state index < -0.39 is 0 Å². The molecule has 11 heavy (non-hydrogen) atoms. The zero-order valence-corrected chi connectivity index (χ0v) is 7.34. The Morgan fingerprint density at radius 1 is 1.55 bits per heavy atom. The number of carbonyl (C=O) groups excluding carboxylic acids is 1. The summed E-state index contributed by atoms with van der Waals surface area (Å²) in [7, 11) is 0. The Hall–Kier alpha value is -0.590. The third-order valence-electron chi connectivity index (χ3n) is 2.24. The van der Waals surface area contributed by atoms with Crippen molar-refractivity contribution in [3.63, 3.8) is 0 Å². The maximum atomic E-state index is 10.3. The first-order chi connectivity index (χ1) is 5.24. The van der Waals surface area contributed by atoms with E-state index in [-0.39, 0.29) is 0 Å². The molecule has 0 aliphatic heterocycles. The van der Waals surface area contributed by atoms with Crippen LogP contribution in [-0.4, -0.2) is 6.29 Å². The molecule has 0 heterocycles. The molecular formula is C10H16O. The van der Waals surface area contributed by atoms with Crippen LogP contribution in [0.1, 0.15) is 33.1 Å². The fourth-order valence-corrected chi connectivity index (χ4v) is 1.36. The van der Waals surface area contributed by atoms with Crippen LogP contribution in [0.5, 0.6) is 0 Å². The van der Waals surface area contributed by atoms with Crippen LogP contribution < -0.4 is 0 Å². The molecule has 1 heteroatoms. The van der Waals surface area contributed by atoms with Crippen molar-refractivity contribution < 1.29 is 4.79 Å². The molecule has 2 atom stereocenters. The zero-order valence-electron chi connectivity index (χ0n) is 7.34. The van der Waals surface area contributed by atoms with E-state index >= 15 is 0 Å². The maximum absolute atomic E-state index is 10.3. The van der Waals surface area contributed by atoms with Crippen molar-refractivity contribution in [2.24, 2.45) is 11.8 Å². The molecule has 0 aromatic rings. The molecule has 0 aromatic heterocycles. The smallest absolute Gasteiger partial charge is 0.123 e. The number of rotatable bonds is 4. The molecule has 1 aliphatic carbocycles. The highest BCUT2D eigenvalue weighted by Crippen LogP contribution is 2.40. The lowest BCUT2D eigenvalue weighted by molar-refractivity contribution is -0.109. The number of aldehydes is 1. The van der Waals surface area contributed by atoms with Gasteiger partial charge in [-0.3, -0.25) is 0 Å². The fourth-order valence-electron chi connectivity index (χ4n) is 1.36. The van der Waals surface area contributed by atoms with Gasteiger partial charge in [0.2, 0.25) is 0 Å². The van der Waals surface area contributed by atoms with E-state index in [9.17, 15) is 4.79 Å². The van der Waals surface area contributed by atoms with Gasteiger partial charge in [-0.15, -0.1) is 0 Å². The Morgan fingerprint density at radius 3 is 2.73 bits per heavy atom. The molecule has 1 aliphatic rings. The third kappa shape index (κ3) is 2.87. The second kappa shape index (κ2) is 3.70. The van der Waals surface area contributed by atoms with E-state index in [1.54, 1.807) is 0 Å². The maximum Gasteiger partial charge on any atom is 0.123 e. The van der Waals surface area contributed by atoms with Crippen molar-refractivity contribution >= 4 is 6.29 Å². The number of hydrogen-bond donors (Lipinski definition) is 0. The summed E-state index contributed by atoms with van der Waals surface area (Å²) in [6.45, 7) is 4.23.